The van der Waals surface area contributed by atoms with E-state index in [1.165, 1.54) is 96.9 Å². The zero-order valence-electron chi connectivity index (χ0n) is 17.8. The number of hydrogen-bond acceptors (Lipinski definition) is 0. The van der Waals surface area contributed by atoms with E-state index in [0.29, 0.717) is 0 Å². The predicted molar refractivity (Wildman–Crippen MR) is 116 cm³/mol. The van der Waals surface area contributed by atoms with Crippen LogP contribution in [-0.2, 0) is 12.8 Å². The van der Waals surface area contributed by atoms with Crippen LogP contribution in [-0.4, -0.2) is 0 Å². The highest BCUT2D eigenvalue weighted by Crippen LogP contribution is 2.15. The molecule has 1 atom stereocenters. The number of benzene rings is 1. The molecule has 0 amide bonds. The fourth-order valence-electron chi connectivity index (χ4n) is 3.98. The fraction of sp³-hybridized carbons (Fsp3) is 0.680. The van der Waals surface area contributed by atoms with E-state index in [1.807, 2.05) is 0 Å². The number of unbranched alkanes of at least 4 members (excludes halogenated alkanes) is 6. The van der Waals surface area contributed by atoms with Gasteiger partial charge in [0.15, 0.2) is 0 Å². The van der Waals surface area contributed by atoms with Crippen molar-refractivity contribution in [2.24, 2.45) is 5.92 Å². The van der Waals surface area contributed by atoms with Gasteiger partial charge in [0.05, 0.1) is 0 Å². The van der Waals surface area contributed by atoms with Crippen LogP contribution in [0.4, 0.5) is 0 Å². The summed E-state index contributed by atoms with van der Waals surface area (Å²) >= 11 is 0. The van der Waals surface area contributed by atoms with Gasteiger partial charge in [-0.05, 0) is 71.7 Å². The molecule has 1 aromatic carbocycles. The molecule has 142 valence electrons. The second-order valence-corrected chi connectivity index (χ2v) is 8.04. The molecule has 25 heavy (non-hydrogen) atoms. The molecule has 0 aromatic heterocycles. The summed E-state index contributed by atoms with van der Waals surface area (Å²) in [6, 6.07) is 0. The second kappa shape index (κ2) is 11.6. The van der Waals surface area contributed by atoms with Gasteiger partial charge < -0.3 is 0 Å². The fourth-order valence-corrected chi connectivity index (χ4v) is 3.98. The molecule has 0 radical (unpaired) electrons. The van der Waals surface area contributed by atoms with Crippen molar-refractivity contribution < 1.29 is 0 Å². The van der Waals surface area contributed by atoms with Crippen LogP contribution < -0.4 is 10.4 Å². The lowest BCUT2D eigenvalue weighted by Crippen LogP contribution is -2.26. The van der Waals surface area contributed by atoms with Crippen LogP contribution in [0, 0.1) is 19.8 Å². The normalized spacial score (nSPS) is 12.5. The first kappa shape index (κ1) is 22.0. The quantitative estimate of drug-likeness (QED) is 0.386. The van der Waals surface area contributed by atoms with E-state index in [1.54, 1.807) is 0 Å². The highest BCUT2D eigenvalue weighted by molar-refractivity contribution is 5.43. The van der Waals surface area contributed by atoms with Crippen LogP contribution in [0.1, 0.15) is 101 Å². The Labute approximate surface area is 157 Å². The van der Waals surface area contributed by atoms with Gasteiger partial charge in [0, 0.05) is 0 Å². The maximum atomic E-state index is 4.40. The predicted octanol–water partition coefficient (Wildman–Crippen LogP) is 6.40. The standard InChI is InChI=1S/C25H42/c1-8-19(3)17-15-13-11-10-12-14-16-18-25-22(6)20(4)21(5)24(9-2)23(25)7/h19H,4,7-18H2,1-3,5-6H3. The molecule has 0 aliphatic heterocycles. The van der Waals surface area contributed by atoms with E-state index in [9.17, 15) is 0 Å². The van der Waals surface area contributed by atoms with Crippen LogP contribution in [0.5, 0.6) is 0 Å². The molecule has 0 nitrogen and oxygen atoms in total. The van der Waals surface area contributed by atoms with Gasteiger partial charge in [0.2, 0.25) is 0 Å². The van der Waals surface area contributed by atoms with Crippen LogP contribution in [0.15, 0.2) is 0 Å². The molecule has 0 saturated heterocycles. The van der Waals surface area contributed by atoms with Gasteiger partial charge in [0.1, 0.15) is 0 Å². The topological polar surface area (TPSA) is 0 Å². The summed E-state index contributed by atoms with van der Waals surface area (Å²) in [5.74, 6) is 0.917. The molecular weight excluding hydrogens is 300 g/mol. The lowest BCUT2D eigenvalue weighted by Gasteiger charge is -2.14. The molecule has 0 aliphatic rings. The molecule has 0 heterocycles. The van der Waals surface area contributed by atoms with Gasteiger partial charge in [-0.15, -0.1) is 0 Å². The van der Waals surface area contributed by atoms with Crippen molar-refractivity contribution in [3.63, 3.8) is 0 Å². The lowest BCUT2D eigenvalue weighted by atomic mass is 9.90. The second-order valence-electron chi connectivity index (χ2n) is 8.04. The summed E-state index contributed by atoms with van der Waals surface area (Å²) in [6.45, 7) is 20.1. The van der Waals surface area contributed by atoms with Crippen molar-refractivity contribution in [3.05, 3.63) is 32.7 Å². The molecular formula is C25H42. The van der Waals surface area contributed by atoms with Gasteiger partial charge in [-0.25, -0.2) is 0 Å². The molecule has 0 saturated carbocycles. The van der Waals surface area contributed by atoms with Crippen molar-refractivity contribution in [2.45, 2.75) is 105 Å². The zero-order chi connectivity index (χ0) is 18.8. The minimum Gasteiger partial charge on any atom is -0.0912 e. The summed E-state index contributed by atoms with van der Waals surface area (Å²) in [5, 5.41) is 2.52. The van der Waals surface area contributed by atoms with Gasteiger partial charge in [0.25, 0.3) is 0 Å². The third kappa shape index (κ3) is 6.65. The first-order valence-corrected chi connectivity index (χ1v) is 10.7. The molecule has 1 aromatic rings. The van der Waals surface area contributed by atoms with Crippen LogP contribution >= 0.6 is 0 Å². The van der Waals surface area contributed by atoms with Crippen LogP contribution in [0.2, 0.25) is 0 Å². The largest absolute Gasteiger partial charge is 0.0912 e. The third-order valence-electron chi connectivity index (χ3n) is 6.21. The Bertz CT molecular complexity index is 608. The molecule has 0 bridgehead atoms. The van der Waals surface area contributed by atoms with E-state index in [2.05, 4.69) is 47.8 Å². The summed E-state index contributed by atoms with van der Waals surface area (Å²) in [5.41, 5.74) is 5.63. The Morgan fingerprint density at radius 1 is 0.720 bits per heavy atom. The maximum absolute atomic E-state index is 4.40. The van der Waals surface area contributed by atoms with E-state index >= 15 is 0 Å². The van der Waals surface area contributed by atoms with Crippen molar-refractivity contribution in [2.75, 3.05) is 0 Å². The third-order valence-corrected chi connectivity index (χ3v) is 6.21. The maximum Gasteiger partial charge on any atom is -0.0259 e. The van der Waals surface area contributed by atoms with E-state index < -0.39 is 0 Å². The van der Waals surface area contributed by atoms with Gasteiger partial charge in [-0.1, -0.05) is 85.3 Å². The molecule has 1 rings (SSSR count). The lowest BCUT2D eigenvalue weighted by molar-refractivity contribution is 0.470. The molecule has 0 spiro atoms. The zero-order valence-corrected chi connectivity index (χ0v) is 17.8. The van der Waals surface area contributed by atoms with Crippen molar-refractivity contribution >= 4 is 13.2 Å². The Hall–Kier alpha value is -1.04. The van der Waals surface area contributed by atoms with Crippen LogP contribution in [0.25, 0.3) is 13.2 Å². The summed E-state index contributed by atoms with van der Waals surface area (Å²) in [7, 11) is 0. The van der Waals surface area contributed by atoms with Gasteiger partial charge in [-0.2, -0.15) is 0 Å². The van der Waals surface area contributed by atoms with Gasteiger partial charge in [-0.3, -0.25) is 0 Å². The van der Waals surface area contributed by atoms with Gasteiger partial charge >= 0.3 is 0 Å². The first-order chi connectivity index (χ1) is 11.9. The van der Waals surface area contributed by atoms with E-state index in [-0.39, 0.29) is 0 Å². The summed E-state index contributed by atoms with van der Waals surface area (Å²) in [6.07, 6.45) is 14.7. The van der Waals surface area contributed by atoms with Crippen molar-refractivity contribution in [1.29, 1.82) is 0 Å². The smallest absolute Gasteiger partial charge is 0.0259 e. The highest BCUT2D eigenvalue weighted by atomic mass is 14.1. The molecule has 0 aliphatic carbocycles. The van der Waals surface area contributed by atoms with Crippen molar-refractivity contribution in [3.8, 4) is 0 Å². The summed E-state index contributed by atoms with van der Waals surface area (Å²) < 4.78 is 0. The number of hydrogen-bond donors (Lipinski definition) is 0. The minimum atomic E-state index is 0.917. The molecule has 0 N–H and O–H groups in total. The Morgan fingerprint density at radius 2 is 1.24 bits per heavy atom. The summed E-state index contributed by atoms with van der Waals surface area (Å²) in [4.78, 5) is 0. The first-order valence-electron chi connectivity index (χ1n) is 10.7. The molecule has 0 heteroatoms. The Kier molecular flexibility index (Phi) is 10.2. The number of rotatable bonds is 12. The average Bonchev–Trinajstić information content (AvgIpc) is 2.61. The van der Waals surface area contributed by atoms with Crippen molar-refractivity contribution in [1.82, 2.24) is 0 Å². The Balaban J connectivity index is 2.35. The van der Waals surface area contributed by atoms with Crippen LogP contribution in [0.3, 0.4) is 0 Å². The van der Waals surface area contributed by atoms with E-state index in [0.717, 1.165) is 12.3 Å². The average molecular weight is 343 g/mol. The highest BCUT2D eigenvalue weighted by Gasteiger charge is 2.08. The SMILES string of the molecule is C=c1c(C)c(CC)c(=C)c(CCCCCCCCCC(C)CC)c1C. The Morgan fingerprint density at radius 3 is 1.80 bits per heavy atom. The minimum absolute atomic E-state index is 0.917. The molecule has 1 unspecified atom stereocenters. The molecule has 0 fully saturated rings. The monoisotopic (exact) mass is 342 g/mol. The van der Waals surface area contributed by atoms with E-state index in [4.69, 9.17) is 0 Å².